The van der Waals surface area contributed by atoms with Crippen LogP contribution in [-0.2, 0) is 17.5 Å². The summed E-state index contributed by atoms with van der Waals surface area (Å²) in [4.78, 5) is 25.1. The van der Waals surface area contributed by atoms with Gasteiger partial charge in [-0.15, -0.1) is 0 Å². The van der Waals surface area contributed by atoms with Crippen LogP contribution in [0, 0.1) is 10.1 Å². The molecular formula is C21H17F3N2O5. The zero-order chi connectivity index (χ0) is 22.2. The van der Waals surface area contributed by atoms with Crippen molar-refractivity contribution in [2.75, 3.05) is 6.79 Å². The molecule has 0 saturated heterocycles. The van der Waals surface area contributed by atoms with Gasteiger partial charge in [-0.25, -0.2) is 0 Å². The van der Waals surface area contributed by atoms with Crippen molar-refractivity contribution in [3.63, 3.8) is 0 Å². The minimum absolute atomic E-state index is 0.00816. The number of amides is 1. The zero-order valence-corrected chi connectivity index (χ0v) is 16.1. The predicted octanol–water partition coefficient (Wildman–Crippen LogP) is 4.55. The Kier molecular flexibility index (Phi) is 5.30. The normalized spacial score (nSPS) is 15.3. The molecule has 31 heavy (non-hydrogen) atoms. The number of nitro benzene ring substituents is 1. The van der Waals surface area contributed by atoms with E-state index < -0.39 is 16.7 Å². The molecule has 0 radical (unpaired) electrons. The molecule has 0 bridgehead atoms. The second-order valence-corrected chi connectivity index (χ2v) is 7.25. The maximum absolute atomic E-state index is 12.8. The van der Waals surface area contributed by atoms with E-state index in [1.807, 2.05) is 0 Å². The molecule has 0 N–H and O–H groups in total. The maximum atomic E-state index is 12.8. The highest BCUT2D eigenvalue weighted by Gasteiger charge is 2.33. The molecule has 1 aliphatic heterocycles. The monoisotopic (exact) mass is 434 g/mol. The Morgan fingerprint density at radius 1 is 1.16 bits per heavy atom. The van der Waals surface area contributed by atoms with Gasteiger partial charge in [0, 0.05) is 18.7 Å². The highest BCUT2D eigenvalue weighted by Crippen LogP contribution is 2.38. The van der Waals surface area contributed by atoms with E-state index in [2.05, 4.69) is 0 Å². The summed E-state index contributed by atoms with van der Waals surface area (Å²) in [5.41, 5.74) is -0.229. The average molecular weight is 434 g/mol. The number of fused-ring (bicyclic) bond motifs is 1. The molecule has 0 spiro atoms. The SMILES string of the molecule is O=C(/C=C/c1cc2c(cc1[N+](=O)[O-])OCO2)N(Cc1ccc(C(F)(F)F)cc1)C1CC1. The Balaban J connectivity index is 1.52. The first kappa shape index (κ1) is 20.7. The van der Waals surface area contributed by atoms with Crippen LogP contribution in [0.3, 0.4) is 0 Å². The fourth-order valence-corrected chi connectivity index (χ4v) is 3.26. The standard InChI is InChI=1S/C21H17F3N2O5/c22-21(23,24)15-4-1-13(2-5-15)11-25(16-6-7-16)20(27)8-3-14-9-18-19(31-12-30-18)10-17(14)26(28)29/h1-5,8-10,16H,6-7,11-12H2/b8-3+. The van der Waals surface area contributed by atoms with E-state index in [1.54, 1.807) is 4.90 Å². The van der Waals surface area contributed by atoms with Crippen molar-refractivity contribution >= 4 is 17.7 Å². The lowest BCUT2D eigenvalue weighted by Gasteiger charge is -2.21. The maximum Gasteiger partial charge on any atom is 0.416 e. The van der Waals surface area contributed by atoms with E-state index in [0.717, 1.165) is 25.0 Å². The lowest BCUT2D eigenvalue weighted by atomic mass is 10.1. The van der Waals surface area contributed by atoms with Crippen LogP contribution in [0.1, 0.15) is 29.5 Å². The molecule has 0 atom stereocenters. The third-order valence-corrected chi connectivity index (χ3v) is 5.03. The molecule has 1 amide bonds. The van der Waals surface area contributed by atoms with Crippen molar-refractivity contribution < 1.29 is 32.4 Å². The second-order valence-electron chi connectivity index (χ2n) is 7.25. The minimum Gasteiger partial charge on any atom is -0.454 e. The van der Waals surface area contributed by atoms with Crippen LogP contribution in [0.2, 0.25) is 0 Å². The van der Waals surface area contributed by atoms with Gasteiger partial charge in [-0.3, -0.25) is 14.9 Å². The molecule has 2 aromatic rings. The van der Waals surface area contributed by atoms with Gasteiger partial charge < -0.3 is 14.4 Å². The first-order valence-corrected chi connectivity index (χ1v) is 9.45. The number of benzene rings is 2. The number of nitrogens with zero attached hydrogens (tertiary/aromatic N) is 2. The molecule has 1 saturated carbocycles. The van der Waals surface area contributed by atoms with Gasteiger partial charge in [-0.2, -0.15) is 13.2 Å². The lowest BCUT2D eigenvalue weighted by molar-refractivity contribution is -0.385. The average Bonchev–Trinajstić information content (AvgIpc) is 3.46. The summed E-state index contributed by atoms with van der Waals surface area (Å²) < 4.78 is 48.6. The molecule has 0 aromatic heterocycles. The largest absolute Gasteiger partial charge is 0.454 e. The topological polar surface area (TPSA) is 81.9 Å². The summed E-state index contributed by atoms with van der Waals surface area (Å²) in [6.07, 6.45) is -0.265. The molecule has 2 aliphatic rings. The van der Waals surface area contributed by atoms with Crippen molar-refractivity contribution in [3.8, 4) is 11.5 Å². The Labute approximate surface area is 174 Å². The predicted molar refractivity (Wildman–Crippen MR) is 103 cm³/mol. The van der Waals surface area contributed by atoms with Gasteiger partial charge in [0.1, 0.15) is 0 Å². The van der Waals surface area contributed by atoms with E-state index in [1.165, 1.54) is 36.4 Å². The summed E-state index contributed by atoms with van der Waals surface area (Å²) in [5.74, 6) is 0.230. The van der Waals surface area contributed by atoms with E-state index >= 15 is 0 Å². The molecule has 1 aliphatic carbocycles. The van der Waals surface area contributed by atoms with Gasteiger partial charge >= 0.3 is 6.18 Å². The Morgan fingerprint density at radius 2 is 1.81 bits per heavy atom. The van der Waals surface area contributed by atoms with Gasteiger partial charge in [0.25, 0.3) is 5.69 Å². The molecule has 1 heterocycles. The number of carbonyl (C=O) groups is 1. The van der Waals surface area contributed by atoms with E-state index in [0.29, 0.717) is 11.3 Å². The van der Waals surface area contributed by atoms with Crippen LogP contribution in [0.25, 0.3) is 6.08 Å². The Morgan fingerprint density at radius 3 is 2.39 bits per heavy atom. The van der Waals surface area contributed by atoms with Crippen molar-refractivity contribution in [1.29, 1.82) is 0 Å². The molecule has 1 fully saturated rings. The van der Waals surface area contributed by atoms with Crippen LogP contribution in [-0.4, -0.2) is 28.6 Å². The third kappa shape index (κ3) is 4.62. The quantitative estimate of drug-likeness (QED) is 0.379. The second kappa shape index (κ2) is 7.93. The Bertz CT molecular complexity index is 1050. The van der Waals surface area contributed by atoms with Crippen LogP contribution in [0.4, 0.5) is 18.9 Å². The number of rotatable bonds is 6. The van der Waals surface area contributed by atoms with Gasteiger partial charge in [0.2, 0.25) is 12.7 Å². The van der Waals surface area contributed by atoms with Gasteiger partial charge in [0.15, 0.2) is 11.5 Å². The fraction of sp³-hybridized carbons (Fsp3) is 0.286. The highest BCUT2D eigenvalue weighted by molar-refractivity contribution is 5.93. The number of carbonyl (C=O) groups excluding carboxylic acids is 1. The molecule has 4 rings (SSSR count). The highest BCUT2D eigenvalue weighted by atomic mass is 19.4. The van der Waals surface area contributed by atoms with Crippen molar-refractivity contribution in [2.24, 2.45) is 0 Å². The van der Waals surface area contributed by atoms with Crippen molar-refractivity contribution in [1.82, 2.24) is 4.90 Å². The van der Waals surface area contributed by atoms with Crippen LogP contribution >= 0.6 is 0 Å². The number of ether oxygens (including phenoxy) is 2. The lowest BCUT2D eigenvalue weighted by Crippen LogP contribution is -2.31. The number of hydrogen-bond donors (Lipinski definition) is 0. The number of hydrogen-bond acceptors (Lipinski definition) is 5. The van der Waals surface area contributed by atoms with Gasteiger partial charge in [-0.1, -0.05) is 12.1 Å². The van der Waals surface area contributed by atoms with E-state index in [-0.39, 0.29) is 42.3 Å². The van der Waals surface area contributed by atoms with E-state index in [4.69, 9.17) is 9.47 Å². The molecule has 162 valence electrons. The van der Waals surface area contributed by atoms with E-state index in [9.17, 15) is 28.1 Å². The summed E-state index contributed by atoms with van der Waals surface area (Å²) in [6.45, 7) is 0.108. The summed E-state index contributed by atoms with van der Waals surface area (Å²) in [5, 5.41) is 11.4. The first-order valence-electron chi connectivity index (χ1n) is 9.45. The summed E-state index contributed by atoms with van der Waals surface area (Å²) >= 11 is 0. The first-order chi connectivity index (χ1) is 14.7. The molecule has 7 nitrogen and oxygen atoms in total. The fourth-order valence-electron chi connectivity index (χ4n) is 3.26. The van der Waals surface area contributed by atoms with Gasteiger partial charge in [-0.05, 0) is 42.7 Å². The third-order valence-electron chi connectivity index (χ3n) is 5.03. The summed E-state index contributed by atoms with van der Waals surface area (Å²) in [7, 11) is 0. The zero-order valence-electron chi connectivity index (χ0n) is 16.1. The Hall–Kier alpha value is -3.56. The van der Waals surface area contributed by atoms with Crippen LogP contribution in [0.5, 0.6) is 11.5 Å². The van der Waals surface area contributed by atoms with Crippen molar-refractivity contribution in [3.05, 3.63) is 69.3 Å². The molecule has 10 heteroatoms. The van der Waals surface area contributed by atoms with Crippen LogP contribution < -0.4 is 9.47 Å². The number of alkyl halides is 3. The molecule has 0 unspecified atom stereocenters. The number of nitro groups is 1. The molecule has 2 aromatic carbocycles. The van der Waals surface area contributed by atoms with Crippen LogP contribution in [0.15, 0.2) is 42.5 Å². The minimum atomic E-state index is -4.42. The van der Waals surface area contributed by atoms with Gasteiger partial charge in [0.05, 0.1) is 22.1 Å². The van der Waals surface area contributed by atoms with Crippen molar-refractivity contribution in [2.45, 2.75) is 31.6 Å². The summed E-state index contributed by atoms with van der Waals surface area (Å²) in [6, 6.07) is 7.32. The molecular weight excluding hydrogens is 417 g/mol. The smallest absolute Gasteiger partial charge is 0.416 e. The number of halogens is 3.